The van der Waals surface area contributed by atoms with E-state index in [-0.39, 0.29) is 11.9 Å². The second-order valence-corrected chi connectivity index (χ2v) is 3.60. The summed E-state index contributed by atoms with van der Waals surface area (Å²) in [6.45, 7) is 13.1. The molecule has 0 amide bonds. The molecule has 0 rings (SSSR count). The maximum atomic E-state index is 10.8. The Balaban J connectivity index is 0. The standard InChI is InChI=1S/C7H12O2.C4H6O2/c1-5-9-6(8)7(2,3)4;1-3-6-4(2)5/h5H,1H2,2-4H3;3H,1H2,2H3. The van der Waals surface area contributed by atoms with E-state index in [2.05, 4.69) is 22.6 Å². The molecular formula is C11H18O4. The summed E-state index contributed by atoms with van der Waals surface area (Å²) in [5.74, 6) is -0.581. The topological polar surface area (TPSA) is 52.6 Å². The zero-order valence-corrected chi connectivity index (χ0v) is 9.70. The zero-order valence-electron chi connectivity index (χ0n) is 9.70. The van der Waals surface area contributed by atoms with Crippen molar-refractivity contribution in [2.24, 2.45) is 5.41 Å². The van der Waals surface area contributed by atoms with Crippen molar-refractivity contribution in [1.82, 2.24) is 0 Å². The van der Waals surface area contributed by atoms with Gasteiger partial charge in [0.1, 0.15) is 0 Å². The molecular weight excluding hydrogens is 196 g/mol. The summed E-state index contributed by atoms with van der Waals surface area (Å²) in [6.07, 6.45) is 2.25. The Morgan fingerprint density at radius 1 is 1.07 bits per heavy atom. The highest BCUT2D eigenvalue weighted by Gasteiger charge is 2.21. The van der Waals surface area contributed by atoms with E-state index in [0.717, 1.165) is 12.5 Å². The minimum atomic E-state index is -0.422. The van der Waals surface area contributed by atoms with Gasteiger partial charge in [0.25, 0.3) is 0 Å². The minimum Gasteiger partial charge on any atom is -0.435 e. The van der Waals surface area contributed by atoms with E-state index in [1.165, 1.54) is 6.92 Å². The van der Waals surface area contributed by atoms with Crippen LogP contribution in [0.4, 0.5) is 0 Å². The number of carbonyl (C=O) groups is 2. The third-order valence-electron chi connectivity index (χ3n) is 1.05. The number of esters is 2. The Morgan fingerprint density at radius 3 is 1.53 bits per heavy atom. The zero-order chi connectivity index (χ0) is 12.5. The number of hydrogen-bond acceptors (Lipinski definition) is 4. The van der Waals surface area contributed by atoms with Gasteiger partial charge >= 0.3 is 11.9 Å². The van der Waals surface area contributed by atoms with Crippen LogP contribution in [-0.2, 0) is 19.1 Å². The highest BCUT2D eigenvalue weighted by atomic mass is 16.5. The third kappa shape index (κ3) is 12.4. The summed E-state index contributed by atoms with van der Waals surface area (Å²) in [5, 5.41) is 0. The molecule has 0 aliphatic carbocycles. The Bertz CT molecular complexity index is 235. The first kappa shape index (κ1) is 15.9. The largest absolute Gasteiger partial charge is 0.435 e. The lowest BCUT2D eigenvalue weighted by Crippen LogP contribution is -2.20. The molecule has 0 saturated heterocycles. The first-order chi connectivity index (χ1) is 6.75. The molecule has 4 heteroatoms. The molecule has 0 aliphatic heterocycles. The summed E-state index contributed by atoms with van der Waals surface area (Å²) in [7, 11) is 0. The van der Waals surface area contributed by atoms with Crippen molar-refractivity contribution < 1.29 is 19.1 Å². The molecule has 4 nitrogen and oxygen atoms in total. The lowest BCUT2D eigenvalue weighted by Gasteiger charge is -2.13. The molecule has 0 aromatic heterocycles. The summed E-state index contributed by atoms with van der Waals surface area (Å²) in [6, 6.07) is 0. The van der Waals surface area contributed by atoms with Gasteiger partial charge in [0.05, 0.1) is 17.9 Å². The molecule has 86 valence electrons. The van der Waals surface area contributed by atoms with Crippen LogP contribution in [0.1, 0.15) is 27.7 Å². The van der Waals surface area contributed by atoms with Gasteiger partial charge in [-0.3, -0.25) is 9.59 Å². The van der Waals surface area contributed by atoms with Crippen LogP contribution in [0.3, 0.4) is 0 Å². The van der Waals surface area contributed by atoms with Crippen LogP contribution in [-0.4, -0.2) is 11.9 Å². The lowest BCUT2D eigenvalue weighted by atomic mass is 9.98. The fourth-order valence-electron chi connectivity index (χ4n) is 0.370. The smallest absolute Gasteiger partial charge is 0.316 e. The predicted octanol–water partition coefficient (Wildman–Crippen LogP) is 2.41. The van der Waals surface area contributed by atoms with Crippen LogP contribution in [0, 0.1) is 5.41 Å². The van der Waals surface area contributed by atoms with Crippen molar-refractivity contribution in [2.75, 3.05) is 0 Å². The van der Waals surface area contributed by atoms with Crippen LogP contribution in [0.2, 0.25) is 0 Å². The molecule has 0 heterocycles. The molecule has 0 aromatic carbocycles. The Labute approximate surface area is 90.6 Å². The number of rotatable bonds is 2. The van der Waals surface area contributed by atoms with Gasteiger partial charge in [-0.05, 0) is 20.8 Å². The monoisotopic (exact) mass is 214 g/mol. The summed E-state index contributed by atoms with van der Waals surface area (Å²) in [5.41, 5.74) is -0.422. The maximum absolute atomic E-state index is 10.8. The molecule has 0 fully saturated rings. The Hall–Kier alpha value is -1.58. The molecule has 0 saturated carbocycles. The van der Waals surface area contributed by atoms with E-state index in [1.54, 1.807) is 20.8 Å². The van der Waals surface area contributed by atoms with Crippen molar-refractivity contribution in [3.63, 3.8) is 0 Å². The fraction of sp³-hybridized carbons (Fsp3) is 0.455. The van der Waals surface area contributed by atoms with E-state index >= 15 is 0 Å². The molecule has 0 bridgehead atoms. The highest BCUT2D eigenvalue weighted by Crippen LogP contribution is 2.14. The molecule has 0 unspecified atom stereocenters. The van der Waals surface area contributed by atoms with E-state index < -0.39 is 5.41 Å². The van der Waals surface area contributed by atoms with Gasteiger partial charge in [-0.15, -0.1) is 0 Å². The Morgan fingerprint density at radius 2 is 1.47 bits per heavy atom. The van der Waals surface area contributed by atoms with Crippen molar-refractivity contribution in [2.45, 2.75) is 27.7 Å². The number of ether oxygens (including phenoxy) is 2. The molecule has 0 N–H and O–H groups in total. The van der Waals surface area contributed by atoms with Crippen molar-refractivity contribution in [3.05, 3.63) is 25.7 Å². The highest BCUT2D eigenvalue weighted by molar-refractivity contribution is 5.75. The molecule has 0 aliphatic rings. The van der Waals surface area contributed by atoms with Crippen molar-refractivity contribution in [1.29, 1.82) is 0 Å². The van der Waals surface area contributed by atoms with Crippen LogP contribution in [0.25, 0.3) is 0 Å². The molecule has 0 atom stereocenters. The van der Waals surface area contributed by atoms with Crippen molar-refractivity contribution in [3.8, 4) is 0 Å². The molecule has 0 radical (unpaired) electrons. The third-order valence-corrected chi connectivity index (χ3v) is 1.05. The number of hydrogen-bond donors (Lipinski definition) is 0. The van der Waals surface area contributed by atoms with Crippen LogP contribution < -0.4 is 0 Å². The fourth-order valence-corrected chi connectivity index (χ4v) is 0.370. The van der Waals surface area contributed by atoms with Crippen LogP contribution in [0.5, 0.6) is 0 Å². The van der Waals surface area contributed by atoms with E-state index in [1.807, 2.05) is 0 Å². The predicted molar refractivity (Wildman–Crippen MR) is 57.7 cm³/mol. The Kier molecular flexibility index (Phi) is 8.24. The van der Waals surface area contributed by atoms with Crippen LogP contribution in [0.15, 0.2) is 25.7 Å². The molecule has 0 aromatic rings. The normalized spacial score (nSPS) is 9.07. The second-order valence-electron chi connectivity index (χ2n) is 3.60. The van der Waals surface area contributed by atoms with Crippen LogP contribution >= 0.6 is 0 Å². The van der Waals surface area contributed by atoms with Gasteiger partial charge in [-0.1, -0.05) is 13.2 Å². The average Bonchev–Trinajstić information content (AvgIpc) is 2.03. The minimum absolute atomic E-state index is 0.252. The molecule has 0 spiro atoms. The van der Waals surface area contributed by atoms with Gasteiger partial charge in [-0.2, -0.15) is 0 Å². The summed E-state index contributed by atoms with van der Waals surface area (Å²) in [4.78, 5) is 20.5. The van der Waals surface area contributed by atoms with Gasteiger partial charge < -0.3 is 9.47 Å². The van der Waals surface area contributed by atoms with Gasteiger partial charge in [0.2, 0.25) is 0 Å². The SMILES string of the molecule is C=COC(=O)C(C)(C)C.C=COC(C)=O. The van der Waals surface area contributed by atoms with E-state index in [0.29, 0.717) is 0 Å². The van der Waals surface area contributed by atoms with Gasteiger partial charge in [0.15, 0.2) is 0 Å². The van der Waals surface area contributed by atoms with E-state index in [4.69, 9.17) is 0 Å². The first-order valence-electron chi connectivity index (χ1n) is 4.35. The van der Waals surface area contributed by atoms with E-state index in [9.17, 15) is 9.59 Å². The molecule has 15 heavy (non-hydrogen) atoms. The van der Waals surface area contributed by atoms with Gasteiger partial charge in [-0.25, -0.2) is 0 Å². The average molecular weight is 214 g/mol. The lowest BCUT2D eigenvalue weighted by molar-refractivity contribution is -0.146. The first-order valence-corrected chi connectivity index (χ1v) is 4.35. The van der Waals surface area contributed by atoms with Gasteiger partial charge in [0, 0.05) is 6.92 Å². The van der Waals surface area contributed by atoms with Crippen molar-refractivity contribution >= 4 is 11.9 Å². The quantitative estimate of drug-likeness (QED) is 0.523. The summed E-state index contributed by atoms with van der Waals surface area (Å²) >= 11 is 0. The number of carbonyl (C=O) groups excluding carboxylic acids is 2. The maximum Gasteiger partial charge on any atom is 0.316 e. The summed E-state index contributed by atoms with van der Waals surface area (Å²) < 4.78 is 8.70. The second kappa shape index (κ2) is 7.79.